The molecular weight excluding hydrogens is 603 g/mol. The lowest BCUT2D eigenvalue weighted by molar-refractivity contribution is -0.149. The molecule has 0 fully saturated rings. The van der Waals surface area contributed by atoms with Gasteiger partial charge >= 0.3 is 13.8 Å². The predicted octanol–water partition coefficient (Wildman–Crippen LogP) is 7.29. The van der Waals surface area contributed by atoms with Gasteiger partial charge < -0.3 is 34.1 Å². The Labute approximate surface area is 267 Å². The van der Waals surface area contributed by atoms with Crippen molar-refractivity contribution in [2.24, 2.45) is 17.8 Å². The first-order valence-corrected chi connectivity index (χ1v) is 17.8. The van der Waals surface area contributed by atoms with Crippen molar-refractivity contribution in [1.82, 2.24) is 0 Å². The van der Waals surface area contributed by atoms with Crippen LogP contribution in [0.1, 0.15) is 104 Å². The summed E-state index contributed by atoms with van der Waals surface area (Å²) in [6.45, 7) is 10.2. The molecule has 0 bridgehead atoms. The minimum absolute atomic E-state index is 0.137. The van der Waals surface area contributed by atoms with Crippen LogP contribution in [0.4, 0.5) is 0 Å². The molecule has 11 nitrogen and oxygen atoms in total. The van der Waals surface area contributed by atoms with Crippen molar-refractivity contribution in [2.45, 2.75) is 123 Å². The van der Waals surface area contributed by atoms with Gasteiger partial charge in [0.2, 0.25) is 5.76 Å². The Hall–Kier alpha value is -2.30. The minimum atomic E-state index is -4.57. The molecule has 4 unspecified atom stereocenters. The highest BCUT2D eigenvalue weighted by molar-refractivity contribution is 7.47. The Bertz CT molecular complexity index is 1190. The molecule has 12 heteroatoms. The van der Waals surface area contributed by atoms with E-state index in [4.69, 9.17) is 18.5 Å². The van der Waals surface area contributed by atoms with E-state index in [9.17, 15) is 29.6 Å². The maximum Gasteiger partial charge on any atom is 0.529 e. The van der Waals surface area contributed by atoms with E-state index in [2.05, 4.69) is 39.4 Å². The summed E-state index contributed by atoms with van der Waals surface area (Å²) in [5, 5.41) is 28.9. The summed E-state index contributed by atoms with van der Waals surface area (Å²) < 4.78 is 38.4. The van der Waals surface area contributed by atoms with Gasteiger partial charge in [-0.2, -0.15) is 0 Å². The number of phosphoric ester groups is 1. The van der Waals surface area contributed by atoms with E-state index in [1.807, 2.05) is 0 Å². The Kier molecular flexibility index (Phi) is 14.1. The normalized spacial score (nSPS) is 23.2. The van der Waals surface area contributed by atoms with E-state index >= 15 is 0 Å². The van der Waals surface area contributed by atoms with Crippen molar-refractivity contribution in [3.05, 3.63) is 35.3 Å². The molecule has 4 N–H and O–H groups in total. The molecule has 1 aromatic rings. The number of hydrogen-bond donors (Lipinski definition) is 4. The highest BCUT2D eigenvalue weighted by Crippen LogP contribution is 2.46. The molecule has 2 aliphatic rings. The van der Waals surface area contributed by atoms with E-state index in [0.717, 1.165) is 48.8 Å². The van der Waals surface area contributed by atoms with E-state index in [1.165, 1.54) is 44.9 Å². The topological polar surface area (TPSA) is 161 Å². The summed E-state index contributed by atoms with van der Waals surface area (Å²) >= 11 is 0. The molecule has 2 aliphatic heterocycles. The van der Waals surface area contributed by atoms with Gasteiger partial charge in [0.25, 0.3) is 0 Å². The fourth-order valence-electron chi connectivity index (χ4n) is 5.85. The minimum Gasteiger partial charge on any atom is -0.505 e. The smallest absolute Gasteiger partial charge is 0.505 e. The maximum absolute atomic E-state index is 12.4. The van der Waals surface area contributed by atoms with Crippen molar-refractivity contribution < 1.29 is 52.8 Å². The standard InChI is InChI=1S/C33H53O11P/c1-22(2)9-6-10-23(3)11-7-12-24(4)13-8-17-33(5)18-16-25-19-26(14-15-28(25)43-33)44-45(38,39)41-21-40-20-27(34)31-29(35)30(36)32(37)42-31/h14-15,19,22-24,27,31,34-36H,6-13,16-18,20-21H2,1-5H3,(H,38,39)/t23?,24?,27-,31+,33?/m0/s1. The van der Waals surface area contributed by atoms with Crippen LogP contribution in [0.3, 0.4) is 0 Å². The van der Waals surface area contributed by atoms with Crippen molar-refractivity contribution in [1.29, 1.82) is 0 Å². The number of benzene rings is 1. The van der Waals surface area contributed by atoms with Gasteiger partial charge in [-0.05, 0) is 74.1 Å². The first-order valence-electron chi connectivity index (χ1n) is 16.3. The second-order valence-electron chi connectivity index (χ2n) is 13.5. The summed E-state index contributed by atoms with van der Waals surface area (Å²) in [7, 11) is -4.57. The van der Waals surface area contributed by atoms with Crippen LogP contribution in [0, 0.1) is 17.8 Å². The van der Waals surface area contributed by atoms with Crippen LogP contribution in [-0.4, -0.2) is 57.4 Å². The number of esters is 1. The maximum atomic E-state index is 12.4. The number of fused-ring (bicyclic) bond motifs is 1. The third-order valence-corrected chi connectivity index (χ3v) is 9.56. The number of rotatable bonds is 20. The molecule has 256 valence electrons. The monoisotopic (exact) mass is 656 g/mol. The molecule has 0 spiro atoms. The molecule has 6 atom stereocenters. The van der Waals surface area contributed by atoms with Crippen LogP contribution in [0.5, 0.6) is 11.5 Å². The number of aliphatic hydroxyl groups excluding tert-OH is 3. The van der Waals surface area contributed by atoms with Gasteiger partial charge in [0.05, 0.1) is 6.61 Å². The molecule has 2 heterocycles. The van der Waals surface area contributed by atoms with Crippen LogP contribution in [-0.2, 0) is 29.8 Å². The molecule has 45 heavy (non-hydrogen) atoms. The average molecular weight is 657 g/mol. The number of hydrogen-bond acceptors (Lipinski definition) is 10. The van der Waals surface area contributed by atoms with Crippen molar-refractivity contribution in [2.75, 3.05) is 13.4 Å². The predicted molar refractivity (Wildman–Crippen MR) is 169 cm³/mol. The van der Waals surface area contributed by atoms with Crippen molar-refractivity contribution >= 4 is 13.8 Å². The van der Waals surface area contributed by atoms with Crippen LogP contribution in [0.2, 0.25) is 0 Å². The Morgan fingerprint density at radius 1 is 1.02 bits per heavy atom. The number of aliphatic hydroxyl groups is 3. The lowest BCUT2D eigenvalue weighted by Crippen LogP contribution is -2.36. The second-order valence-corrected chi connectivity index (χ2v) is 14.9. The Balaban J connectivity index is 1.35. The number of aryl methyl sites for hydroxylation is 1. The van der Waals surface area contributed by atoms with Crippen molar-refractivity contribution in [3.8, 4) is 11.5 Å². The third kappa shape index (κ3) is 12.1. The van der Waals surface area contributed by atoms with Gasteiger partial charge in [0.15, 0.2) is 18.7 Å². The zero-order chi connectivity index (χ0) is 33.2. The molecule has 0 aliphatic carbocycles. The molecule has 3 rings (SSSR count). The summed E-state index contributed by atoms with van der Waals surface area (Å²) in [4.78, 5) is 21.3. The molecule has 0 saturated carbocycles. The number of carbonyl (C=O) groups excluding carboxylic acids is 1. The van der Waals surface area contributed by atoms with Crippen LogP contribution in [0.15, 0.2) is 29.7 Å². The molecular formula is C33H53O11P. The van der Waals surface area contributed by atoms with Gasteiger partial charge in [0.1, 0.15) is 23.2 Å². The fraction of sp³-hybridized carbons (Fsp3) is 0.727. The van der Waals surface area contributed by atoms with Gasteiger partial charge in [-0.15, -0.1) is 0 Å². The lowest BCUT2D eigenvalue weighted by atomic mass is 9.86. The van der Waals surface area contributed by atoms with Gasteiger partial charge in [-0.3, -0.25) is 4.89 Å². The third-order valence-electron chi connectivity index (χ3n) is 8.68. The van der Waals surface area contributed by atoms with E-state index < -0.39 is 50.9 Å². The quantitative estimate of drug-likeness (QED) is 0.0483. The van der Waals surface area contributed by atoms with Crippen LogP contribution >= 0.6 is 7.82 Å². The van der Waals surface area contributed by atoms with E-state index in [1.54, 1.807) is 18.2 Å². The van der Waals surface area contributed by atoms with Gasteiger partial charge in [-0.1, -0.05) is 72.6 Å². The summed E-state index contributed by atoms with van der Waals surface area (Å²) in [5.74, 6) is 0.188. The Morgan fingerprint density at radius 3 is 2.29 bits per heavy atom. The van der Waals surface area contributed by atoms with Crippen LogP contribution in [0.25, 0.3) is 0 Å². The number of ether oxygens (including phenoxy) is 3. The second kappa shape index (κ2) is 17.0. The summed E-state index contributed by atoms with van der Waals surface area (Å²) in [6.07, 6.45) is 9.68. The zero-order valence-corrected chi connectivity index (χ0v) is 28.3. The number of carbonyl (C=O) groups is 1. The van der Waals surface area contributed by atoms with E-state index in [0.29, 0.717) is 5.92 Å². The van der Waals surface area contributed by atoms with Crippen LogP contribution < -0.4 is 9.26 Å². The van der Waals surface area contributed by atoms with Crippen molar-refractivity contribution in [3.63, 3.8) is 0 Å². The molecule has 0 radical (unpaired) electrons. The molecule has 0 saturated heterocycles. The summed E-state index contributed by atoms with van der Waals surface area (Å²) in [5.41, 5.74) is 0.613. The highest BCUT2D eigenvalue weighted by atomic mass is 31.2. The summed E-state index contributed by atoms with van der Waals surface area (Å²) in [6, 6.07) is 4.94. The van der Waals surface area contributed by atoms with Gasteiger partial charge in [0, 0.05) is 0 Å². The largest absolute Gasteiger partial charge is 0.529 e. The molecule has 0 aromatic heterocycles. The Morgan fingerprint density at radius 2 is 1.67 bits per heavy atom. The fourth-order valence-corrected chi connectivity index (χ4v) is 6.49. The first-order chi connectivity index (χ1) is 21.2. The molecule has 1 aromatic carbocycles. The average Bonchev–Trinajstić information content (AvgIpc) is 3.22. The number of phosphoric acid groups is 1. The number of cyclic esters (lactones) is 1. The van der Waals surface area contributed by atoms with Gasteiger partial charge in [-0.25, -0.2) is 13.9 Å². The highest BCUT2D eigenvalue weighted by Gasteiger charge is 2.39. The van der Waals surface area contributed by atoms with E-state index in [-0.39, 0.29) is 11.4 Å². The zero-order valence-electron chi connectivity index (χ0n) is 27.4. The first kappa shape index (κ1) is 37.2. The SMILES string of the molecule is CC(C)CCCC(C)CCCC(C)CCCC1(C)CCc2cc(OP(=O)(O)OCOC[C@H](O)[C@H]3OC(=O)C(O)=C3O)ccc2O1. The molecule has 0 amide bonds. The lowest BCUT2D eigenvalue weighted by Gasteiger charge is -2.36.